The average Bonchev–Trinajstić information content (AvgIpc) is 3.09. The standard InChI is InChI=1S/C16H18N6O/c17-16-20-14-8-10(13-5-6-18-22-13)3-4-12(14)15(21-16)19-11-2-1-7-23-9-11/h3-6,8,11H,1-2,7,9H2,(H,18,22)(H3,17,19,20,21). The molecular formula is C16H18N6O. The smallest absolute Gasteiger partial charge is 0.222 e. The van der Waals surface area contributed by atoms with Crippen LogP contribution in [0.5, 0.6) is 0 Å². The predicted molar refractivity (Wildman–Crippen MR) is 89.0 cm³/mol. The molecular weight excluding hydrogens is 292 g/mol. The van der Waals surface area contributed by atoms with Crippen molar-refractivity contribution in [3.05, 3.63) is 30.5 Å². The van der Waals surface area contributed by atoms with Gasteiger partial charge in [0.2, 0.25) is 5.95 Å². The Kier molecular flexibility index (Phi) is 3.55. The molecule has 23 heavy (non-hydrogen) atoms. The molecule has 1 atom stereocenters. The van der Waals surface area contributed by atoms with Crippen molar-refractivity contribution in [2.45, 2.75) is 18.9 Å². The van der Waals surface area contributed by atoms with Crippen molar-refractivity contribution in [1.29, 1.82) is 0 Å². The molecule has 7 nitrogen and oxygen atoms in total. The van der Waals surface area contributed by atoms with Crippen molar-refractivity contribution >= 4 is 22.7 Å². The summed E-state index contributed by atoms with van der Waals surface area (Å²) in [5, 5.41) is 11.3. The van der Waals surface area contributed by atoms with E-state index in [1.54, 1.807) is 6.20 Å². The molecule has 1 aliphatic heterocycles. The largest absolute Gasteiger partial charge is 0.379 e. The Morgan fingerprint density at radius 3 is 3.00 bits per heavy atom. The number of anilines is 2. The normalized spacial score (nSPS) is 18.2. The van der Waals surface area contributed by atoms with E-state index in [1.807, 2.05) is 24.3 Å². The molecule has 7 heteroatoms. The highest BCUT2D eigenvalue weighted by atomic mass is 16.5. The summed E-state index contributed by atoms with van der Waals surface area (Å²) in [6.07, 6.45) is 3.85. The first-order valence-corrected chi connectivity index (χ1v) is 7.71. The highest BCUT2D eigenvalue weighted by Crippen LogP contribution is 2.27. The molecule has 3 heterocycles. The molecule has 3 aromatic rings. The van der Waals surface area contributed by atoms with E-state index in [-0.39, 0.29) is 12.0 Å². The van der Waals surface area contributed by atoms with Crippen LogP contribution in [0.3, 0.4) is 0 Å². The molecule has 0 bridgehead atoms. The molecule has 1 unspecified atom stereocenters. The van der Waals surface area contributed by atoms with Crippen LogP contribution >= 0.6 is 0 Å². The zero-order valence-electron chi connectivity index (χ0n) is 12.6. The van der Waals surface area contributed by atoms with E-state index in [0.717, 1.165) is 47.4 Å². The summed E-state index contributed by atoms with van der Waals surface area (Å²) in [6.45, 7) is 1.52. The summed E-state index contributed by atoms with van der Waals surface area (Å²) < 4.78 is 5.52. The quantitative estimate of drug-likeness (QED) is 0.685. The minimum Gasteiger partial charge on any atom is -0.379 e. The Balaban J connectivity index is 1.72. The van der Waals surface area contributed by atoms with Gasteiger partial charge in [-0.15, -0.1) is 0 Å². The van der Waals surface area contributed by atoms with Crippen molar-refractivity contribution in [2.24, 2.45) is 0 Å². The Hall–Kier alpha value is -2.67. The predicted octanol–water partition coefficient (Wildman–Crippen LogP) is 2.19. The third-order valence-corrected chi connectivity index (χ3v) is 4.03. The molecule has 0 amide bonds. The van der Waals surface area contributed by atoms with Gasteiger partial charge in [0.1, 0.15) is 5.82 Å². The SMILES string of the molecule is Nc1nc(NC2CCCOC2)c2ccc(-c3ccn[nH]3)cc2n1. The number of nitrogens with two attached hydrogens (primary N) is 1. The first-order chi connectivity index (χ1) is 11.3. The minimum absolute atomic E-state index is 0.258. The van der Waals surface area contributed by atoms with Crippen LogP contribution in [-0.4, -0.2) is 39.4 Å². The molecule has 0 aliphatic carbocycles. The van der Waals surface area contributed by atoms with Crippen LogP contribution in [0.25, 0.3) is 22.2 Å². The number of aromatic nitrogens is 4. The number of H-pyrrole nitrogens is 1. The lowest BCUT2D eigenvalue weighted by molar-refractivity contribution is 0.0875. The van der Waals surface area contributed by atoms with E-state index in [0.29, 0.717) is 6.61 Å². The number of hydrogen-bond donors (Lipinski definition) is 3. The summed E-state index contributed by atoms with van der Waals surface area (Å²) in [5.74, 6) is 1.03. The highest BCUT2D eigenvalue weighted by molar-refractivity contribution is 5.92. The van der Waals surface area contributed by atoms with Gasteiger partial charge in [0.15, 0.2) is 0 Å². The lowest BCUT2D eigenvalue weighted by Crippen LogP contribution is -2.30. The summed E-state index contributed by atoms with van der Waals surface area (Å²) in [4.78, 5) is 8.73. The number of hydrogen-bond acceptors (Lipinski definition) is 6. The number of nitrogen functional groups attached to an aromatic ring is 1. The third kappa shape index (κ3) is 2.83. The lowest BCUT2D eigenvalue weighted by atomic mass is 10.1. The molecule has 2 aromatic heterocycles. The van der Waals surface area contributed by atoms with Gasteiger partial charge in [0, 0.05) is 23.8 Å². The fraction of sp³-hybridized carbons (Fsp3) is 0.312. The van der Waals surface area contributed by atoms with E-state index in [1.165, 1.54) is 0 Å². The molecule has 0 radical (unpaired) electrons. The van der Waals surface area contributed by atoms with Crippen molar-refractivity contribution in [2.75, 3.05) is 24.3 Å². The van der Waals surface area contributed by atoms with Crippen LogP contribution < -0.4 is 11.1 Å². The van der Waals surface area contributed by atoms with Gasteiger partial charge in [-0.2, -0.15) is 10.1 Å². The average molecular weight is 310 g/mol. The van der Waals surface area contributed by atoms with Crippen molar-refractivity contribution in [1.82, 2.24) is 20.2 Å². The first-order valence-electron chi connectivity index (χ1n) is 7.71. The number of nitrogens with zero attached hydrogens (tertiary/aromatic N) is 3. The Bertz CT molecular complexity index is 811. The zero-order chi connectivity index (χ0) is 15.6. The van der Waals surface area contributed by atoms with Gasteiger partial charge in [-0.05, 0) is 31.0 Å². The molecule has 0 saturated carbocycles. The number of ether oxygens (including phenoxy) is 1. The minimum atomic E-state index is 0.258. The van der Waals surface area contributed by atoms with Gasteiger partial charge < -0.3 is 15.8 Å². The van der Waals surface area contributed by atoms with E-state index < -0.39 is 0 Å². The Morgan fingerprint density at radius 1 is 1.26 bits per heavy atom. The molecule has 1 aliphatic rings. The molecule has 1 fully saturated rings. The second kappa shape index (κ2) is 5.85. The van der Waals surface area contributed by atoms with Crippen molar-refractivity contribution in [3.8, 4) is 11.3 Å². The van der Waals surface area contributed by atoms with Crippen molar-refractivity contribution < 1.29 is 4.74 Å². The molecule has 1 saturated heterocycles. The fourth-order valence-corrected chi connectivity index (χ4v) is 2.89. The third-order valence-electron chi connectivity index (χ3n) is 4.03. The summed E-state index contributed by atoms with van der Waals surface area (Å²) in [6, 6.07) is 8.20. The maximum absolute atomic E-state index is 5.88. The molecule has 118 valence electrons. The summed E-state index contributed by atoms with van der Waals surface area (Å²) in [5.41, 5.74) is 8.65. The van der Waals surface area contributed by atoms with Crippen LogP contribution in [-0.2, 0) is 4.74 Å². The number of aromatic amines is 1. The highest BCUT2D eigenvalue weighted by Gasteiger charge is 2.16. The van der Waals surface area contributed by atoms with Gasteiger partial charge in [-0.3, -0.25) is 5.10 Å². The van der Waals surface area contributed by atoms with E-state index in [4.69, 9.17) is 10.5 Å². The maximum Gasteiger partial charge on any atom is 0.222 e. The number of rotatable bonds is 3. The van der Waals surface area contributed by atoms with Crippen LogP contribution in [0.1, 0.15) is 12.8 Å². The monoisotopic (exact) mass is 310 g/mol. The number of fused-ring (bicyclic) bond motifs is 1. The number of benzene rings is 1. The zero-order valence-corrected chi connectivity index (χ0v) is 12.6. The van der Waals surface area contributed by atoms with Crippen molar-refractivity contribution in [3.63, 3.8) is 0 Å². The Morgan fingerprint density at radius 2 is 2.22 bits per heavy atom. The van der Waals surface area contributed by atoms with Gasteiger partial charge >= 0.3 is 0 Å². The summed E-state index contributed by atoms with van der Waals surface area (Å²) in [7, 11) is 0. The van der Waals surface area contributed by atoms with Crippen LogP contribution in [0.2, 0.25) is 0 Å². The first kappa shape index (κ1) is 14.0. The molecule has 4 N–H and O–H groups in total. The Labute approximate surface area is 133 Å². The molecule has 0 spiro atoms. The summed E-state index contributed by atoms with van der Waals surface area (Å²) >= 11 is 0. The van der Waals surface area contributed by atoms with E-state index >= 15 is 0 Å². The van der Waals surface area contributed by atoms with Gasteiger partial charge in [0.25, 0.3) is 0 Å². The molecule has 4 rings (SSSR count). The van der Waals surface area contributed by atoms with E-state index in [2.05, 4.69) is 25.5 Å². The van der Waals surface area contributed by atoms with Crippen LogP contribution in [0.4, 0.5) is 11.8 Å². The topological polar surface area (TPSA) is 102 Å². The fourth-order valence-electron chi connectivity index (χ4n) is 2.89. The second-order valence-electron chi connectivity index (χ2n) is 5.69. The van der Waals surface area contributed by atoms with E-state index in [9.17, 15) is 0 Å². The molecule has 1 aromatic carbocycles. The lowest BCUT2D eigenvalue weighted by Gasteiger charge is -2.24. The van der Waals surface area contributed by atoms with Crippen LogP contribution in [0, 0.1) is 0 Å². The van der Waals surface area contributed by atoms with Gasteiger partial charge in [-0.25, -0.2) is 4.98 Å². The van der Waals surface area contributed by atoms with Crippen LogP contribution in [0.15, 0.2) is 30.5 Å². The maximum atomic E-state index is 5.88. The van der Waals surface area contributed by atoms with Gasteiger partial charge in [0.05, 0.1) is 23.9 Å². The second-order valence-corrected chi connectivity index (χ2v) is 5.69. The number of nitrogens with one attached hydrogen (secondary N) is 2. The van der Waals surface area contributed by atoms with Gasteiger partial charge in [-0.1, -0.05) is 6.07 Å².